The van der Waals surface area contributed by atoms with Gasteiger partial charge in [-0.2, -0.15) is 13.2 Å². The Balaban J connectivity index is 1.71. The van der Waals surface area contributed by atoms with Crippen LogP contribution in [0.5, 0.6) is 0 Å². The summed E-state index contributed by atoms with van der Waals surface area (Å²) >= 11 is 1.25. The molecule has 0 unspecified atom stereocenters. The smallest absolute Gasteiger partial charge is 0.298 e. The number of hydrogen-bond donors (Lipinski definition) is 1. The number of amides is 1. The molecule has 0 bridgehead atoms. The third-order valence-electron chi connectivity index (χ3n) is 4.24. The number of thiazole rings is 1. The fourth-order valence-corrected chi connectivity index (χ4v) is 3.51. The molecular weight excluding hydrogens is 394 g/mol. The van der Waals surface area contributed by atoms with Crippen molar-refractivity contribution in [1.82, 2.24) is 4.98 Å². The number of carbonyl (C=O) groups is 1. The zero-order valence-corrected chi connectivity index (χ0v) is 14.9. The molecule has 142 valence electrons. The molecule has 3 aromatic rings. The van der Waals surface area contributed by atoms with E-state index in [1.807, 2.05) is 0 Å². The lowest BCUT2D eigenvalue weighted by Gasteiger charge is -2.10. The third-order valence-corrected chi connectivity index (χ3v) is 4.93. The molecule has 0 spiro atoms. The molecule has 2 aromatic carbocycles. The molecule has 0 fully saturated rings. The van der Waals surface area contributed by atoms with E-state index in [1.54, 1.807) is 29.8 Å². The van der Waals surface area contributed by atoms with Crippen LogP contribution in [0.1, 0.15) is 27.0 Å². The molecule has 1 N–H and O–H groups in total. The van der Waals surface area contributed by atoms with E-state index in [2.05, 4.69) is 15.3 Å². The van der Waals surface area contributed by atoms with Crippen LogP contribution < -0.4 is 5.32 Å². The van der Waals surface area contributed by atoms with Crippen molar-refractivity contribution >= 4 is 33.8 Å². The number of aromatic nitrogens is 1. The number of nitrogens with zero attached hydrogens (tertiary/aromatic N) is 2. The molecule has 1 amide bonds. The predicted molar refractivity (Wildman–Crippen MR) is 97.8 cm³/mol. The highest BCUT2D eigenvalue weighted by molar-refractivity contribution is 7.13. The Morgan fingerprint density at radius 3 is 2.64 bits per heavy atom. The van der Waals surface area contributed by atoms with Crippen molar-refractivity contribution in [3.8, 4) is 0 Å². The van der Waals surface area contributed by atoms with Crippen LogP contribution >= 0.6 is 11.3 Å². The Morgan fingerprint density at radius 2 is 1.93 bits per heavy atom. The summed E-state index contributed by atoms with van der Waals surface area (Å²) in [6.07, 6.45) is -3.13. The minimum absolute atomic E-state index is 0.131. The average Bonchev–Trinajstić information content (AvgIpc) is 3.29. The lowest BCUT2D eigenvalue weighted by Crippen LogP contribution is -2.12. The van der Waals surface area contributed by atoms with Gasteiger partial charge in [-0.15, -0.1) is 11.3 Å². The number of aliphatic imine (C=N–C) groups is 1. The van der Waals surface area contributed by atoms with E-state index in [1.165, 1.54) is 17.4 Å². The van der Waals surface area contributed by atoms with Gasteiger partial charge < -0.3 is 0 Å². The maximum absolute atomic E-state index is 14.5. The number of carbonyl (C=O) groups excluding carboxylic acids is 1. The standard InChI is InChI=1S/C19H11F4N3OS/c20-15-11(4-2-6-13(15)19(21,22)23)14-9-10-3-1-5-12(16(10)25-14)17(27)26-18-24-7-8-28-18/h1-8H,9H2,(H,24,26,27). The molecule has 0 radical (unpaired) electrons. The van der Waals surface area contributed by atoms with Crippen molar-refractivity contribution < 1.29 is 22.4 Å². The van der Waals surface area contributed by atoms with E-state index in [0.29, 0.717) is 22.4 Å². The fraction of sp³-hybridized carbons (Fsp3) is 0.105. The second-order valence-corrected chi connectivity index (χ2v) is 6.90. The van der Waals surface area contributed by atoms with Gasteiger partial charge in [0.05, 0.1) is 22.5 Å². The van der Waals surface area contributed by atoms with E-state index in [4.69, 9.17) is 0 Å². The van der Waals surface area contributed by atoms with Gasteiger partial charge in [-0.25, -0.2) is 9.37 Å². The van der Waals surface area contributed by atoms with Crippen molar-refractivity contribution in [1.29, 1.82) is 0 Å². The van der Waals surface area contributed by atoms with Gasteiger partial charge in [0.1, 0.15) is 5.82 Å². The van der Waals surface area contributed by atoms with Crippen LogP contribution in [0.2, 0.25) is 0 Å². The largest absolute Gasteiger partial charge is 0.419 e. The van der Waals surface area contributed by atoms with Gasteiger partial charge in [0.15, 0.2) is 5.13 Å². The first-order chi connectivity index (χ1) is 13.3. The summed E-state index contributed by atoms with van der Waals surface area (Å²) in [5, 5.41) is 4.76. The van der Waals surface area contributed by atoms with Crippen LogP contribution in [0.3, 0.4) is 0 Å². The van der Waals surface area contributed by atoms with Gasteiger partial charge in [0.2, 0.25) is 0 Å². The molecule has 0 saturated heterocycles. The van der Waals surface area contributed by atoms with Crippen LogP contribution in [0.25, 0.3) is 0 Å². The molecule has 0 aliphatic carbocycles. The van der Waals surface area contributed by atoms with Crippen LogP contribution in [0, 0.1) is 5.82 Å². The maximum atomic E-state index is 14.5. The second-order valence-electron chi connectivity index (χ2n) is 6.00. The lowest BCUT2D eigenvalue weighted by molar-refractivity contribution is -0.140. The normalized spacial score (nSPS) is 13.2. The first kappa shape index (κ1) is 18.3. The third kappa shape index (κ3) is 3.29. The molecule has 28 heavy (non-hydrogen) atoms. The number of alkyl halides is 3. The molecule has 4 nitrogen and oxygen atoms in total. The van der Waals surface area contributed by atoms with Gasteiger partial charge in [-0.05, 0) is 17.7 Å². The molecule has 2 heterocycles. The molecule has 0 saturated carbocycles. The number of halogens is 4. The maximum Gasteiger partial charge on any atom is 0.419 e. The molecule has 0 atom stereocenters. The van der Waals surface area contributed by atoms with E-state index in [0.717, 1.165) is 6.07 Å². The fourth-order valence-electron chi connectivity index (χ4n) is 2.98. The average molecular weight is 405 g/mol. The summed E-state index contributed by atoms with van der Waals surface area (Å²) in [5.41, 5.74) is -0.215. The summed E-state index contributed by atoms with van der Waals surface area (Å²) in [4.78, 5) is 20.8. The van der Waals surface area contributed by atoms with Gasteiger partial charge >= 0.3 is 6.18 Å². The Kier molecular flexibility index (Phi) is 4.46. The number of para-hydroxylation sites is 1. The van der Waals surface area contributed by atoms with E-state index >= 15 is 0 Å². The lowest BCUT2D eigenvalue weighted by atomic mass is 10.00. The molecule has 1 aliphatic rings. The second kappa shape index (κ2) is 6.83. The number of benzene rings is 2. The number of nitrogens with one attached hydrogen (secondary N) is 1. The summed E-state index contributed by atoms with van der Waals surface area (Å²) in [7, 11) is 0. The van der Waals surface area contributed by atoms with Crippen molar-refractivity contribution in [3.05, 3.63) is 76.0 Å². The van der Waals surface area contributed by atoms with Gasteiger partial charge in [0.25, 0.3) is 5.91 Å². The number of hydrogen-bond acceptors (Lipinski definition) is 4. The molecular formula is C19H11F4N3OS. The Morgan fingerprint density at radius 1 is 1.14 bits per heavy atom. The van der Waals surface area contributed by atoms with Crippen LogP contribution in [0.15, 0.2) is 53.0 Å². The first-order valence-electron chi connectivity index (χ1n) is 8.11. The summed E-state index contributed by atoms with van der Waals surface area (Å²) in [6.45, 7) is 0. The summed E-state index contributed by atoms with van der Waals surface area (Å²) in [5.74, 6) is -1.81. The highest BCUT2D eigenvalue weighted by Gasteiger charge is 2.36. The van der Waals surface area contributed by atoms with Gasteiger partial charge in [-0.1, -0.05) is 24.3 Å². The Hall–Kier alpha value is -3.07. The molecule has 1 aliphatic heterocycles. The quantitative estimate of drug-likeness (QED) is 0.607. The van der Waals surface area contributed by atoms with Crippen LogP contribution in [0.4, 0.5) is 28.4 Å². The molecule has 9 heteroatoms. The number of anilines is 1. The van der Waals surface area contributed by atoms with E-state index < -0.39 is 23.5 Å². The SMILES string of the molecule is O=C(Nc1nccs1)c1cccc2c1N=C(c1cccc(C(F)(F)F)c1F)C2. The van der Waals surface area contributed by atoms with Crippen molar-refractivity contribution in [2.24, 2.45) is 4.99 Å². The zero-order valence-electron chi connectivity index (χ0n) is 14.0. The zero-order chi connectivity index (χ0) is 19.9. The van der Waals surface area contributed by atoms with Gasteiger partial charge in [0, 0.05) is 23.6 Å². The first-order valence-corrected chi connectivity index (χ1v) is 8.99. The topological polar surface area (TPSA) is 54.4 Å². The number of fused-ring (bicyclic) bond motifs is 1. The highest BCUT2D eigenvalue weighted by Crippen LogP contribution is 2.36. The van der Waals surface area contributed by atoms with Crippen LogP contribution in [-0.4, -0.2) is 16.6 Å². The van der Waals surface area contributed by atoms with Crippen molar-refractivity contribution in [2.45, 2.75) is 12.6 Å². The number of rotatable bonds is 3. The highest BCUT2D eigenvalue weighted by atomic mass is 32.1. The minimum atomic E-state index is -4.80. The molecule has 1 aromatic heterocycles. The van der Waals surface area contributed by atoms with Crippen molar-refractivity contribution in [3.63, 3.8) is 0 Å². The van der Waals surface area contributed by atoms with E-state index in [9.17, 15) is 22.4 Å². The Labute approximate surface area is 160 Å². The van der Waals surface area contributed by atoms with Crippen molar-refractivity contribution in [2.75, 3.05) is 5.32 Å². The van der Waals surface area contributed by atoms with Crippen LogP contribution in [-0.2, 0) is 12.6 Å². The monoisotopic (exact) mass is 405 g/mol. The van der Waals surface area contributed by atoms with Gasteiger partial charge in [-0.3, -0.25) is 15.1 Å². The summed E-state index contributed by atoms with van der Waals surface area (Å²) in [6, 6.07) is 7.99. The Bertz CT molecular complexity index is 1090. The minimum Gasteiger partial charge on any atom is -0.298 e. The molecule has 4 rings (SSSR count). The van der Waals surface area contributed by atoms with E-state index in [-0.39, 0.29) is 23.3 Å². The predicted octanol–water partition coefficient (Wildman–Crippen LogP) is 5.23. The summed E-state index contributed by atoms with van der Waals surface area (Å²) < 4.78 is 53.4.